The van der Waals surface area contributed by atoms with Gasteiger partial charge >= 0.3 is 0 Å². The van der Waals surface area contributed by atoms with Gasteiger partial charge in [-0.25, -0.2) is 0 Å². The molecule has 0 aliphatic heterocycles. The molecule has 1 atom stereocenters. The summed E-state index contributed by atoms with van der Waals surface area (Å²) in [6.07, 6.45) is 1.13. The van der Waals surface area contributed by atoms with Gasteiger partial charge in [-0.2, -0.15) is 0 Å². The van der Waals surface area contributed by atoms with Gasteiger partial charge < -0.3 is 15.3 Å². The lowest BCUT2D eigenvalue weighted by atomic mass is 9.86. The Balaban J connectivity index is 2.66. The SMILES string of the molecule is CCC(C)(CNC(C)C)CN(C)c1ccc(O)cc1. The van der Waals surface area contributed by atoms with E-state index in [0.29, 0.717) is 11.8 Å². The van der Waals surface area contributed by atoms with Gasteiger partial charge in [0.05, 0.1) is 0 Å². The van der Waals surface area contributed by atoms with Crippen LogP contribution < -0.4 is 10.2 Å². The van der Waals surface area contributed by atoms with Crippen LogP contribution in [-0.4, -0.2) is 31.3 Å². The van der Waals surface area contributed by atoms with Crippen LogP contribution >= 0.6 is 0 Å². The highest BCUT2D eigenvalue weighted by Gasteiger charge is 2.24. The van der Waals surface area contributed by atoms with Crippen molar-refractivity contribution < 1.29 is 5.11 Å². The molecule has 2 N–H and O–H groups in total. The first kappa shape index (κ1) is 15.8. The Morgan fingerprint density at radius 3 is 2.32 bits per heavy atom. The van der Waals surface area contributed by atoms with E-state index in [-0.39, 0.29) is 5.41 Å². The maximum Gasteiger partial charge on any atom is 0.115 e. The molecule has 0 spiro atoms. The molecule has 0 bridgehead atoms. The average molecular weight is 264 g/mol. The van der Waals surface area contributed by atoms with Gasteiger partial charge in [-0.3, -0.25) is 0 Å². The van der Waals surface area contributed by atoms with Crippen LogP contribution in [0.3, 0.4) is 0 Å². The minimum atomic E-state index is 0.247. The summed E-state index contributed by atoms with van der Waals surface area (Å²) >= 11 is 0. The van der Waals surface area contributed by atoms with Crippen molar-refractivity contribution >= 4 is 5.69 Å². The first-order valence-corrected chi connectivity index (χ1v) is 7.10. The Labute approximate surface area is 117 Å². The molecule has 1 rings (SSSR count). The summed E-state index contributed by atoms with van der Waals surface area (Å²) in [6, 6.07) is 7.91. The van der Waals surface area contributed by atoms with E-state index in [1.807, 2.05) is 12.1 Å². The number of nitrogens with one attached hydrogen (secondary N) is 1. The number of benzene rings is 1. The van der Waals surface area contributed by atoms with Gasteiger partial charge in [0.2, 0.25) is 0 Å². The molecule has 3 heteroatoms. The molecule has 1 unspecified atom stereocenters. The molecule has 19 heavy (non-hydrogen) atoms. The lowest BCUT2D eigenvalue weighted by molar-refractivity contribution is 0.290. The predicted octanol–water partition coefficient (Wildman–Crippen LogP) is 3.24. The van der Waals surface area contributed by atoms with Gasteiger partial charge in [-0.15, -0.1) is 0 Å². The number of rotatable bonds is 7. The van der Waals surface area contributed by atoms with Crippen molar-refractivity contribution in [3.05, 3.63) is 24.3 Å². The monoisotopic (exact) mass is 264 g/mol. The topological polar surface area (TPSA) is 35.5 Å². The molecular weight excluding hydrogens is 236 g/mol. The van der Waals surface area contributed by atoms with Gasteiger partial charge in [-0.05, 0) is 36.1 Å². The lowest BCUT2D eigenvalue weighted by Crippen LogP contribution is -2.42. The number of nitrogens with zero attached hydrogens (tertiary/aromatic N) is 1. The van der Waals surface area contributed by atoms with E-state index < -0.39 is 0 Å². The summed E-state index contributed by atoms with van der Waals surface area (Å²) in [4.78, 5) is 2.25. The van der Waals surface area contributed by atoms with Crippen LogP contribution in [0.1, 0.15) is 34.1 Å². The Morgan fingerprint density at radius 2 is 1.84 bits per heavy atom. The smallest absolute Gasteiger partial charge is 0.115 e. The molecule has 108 valence electrons. The van der Waals surface area contributed by atoms with Gasteiger partial charge in [0.15, 0.2) is 0 Å². The van der Waals surface area contributed by atoms with Gasteiger partial charge in [0.1, 0.15) is 5.75 Å². The average Bonchev–Trinajstić information content (AvgIpc) is 2.37. The van der Waals surface area contributed by atoms with E-state index in [9.17, 15) is 5.11 Å². The zero-order valence-corrected chi connectivity index (χ0v) is 12.9. The van der Waals surface area contributed by atoms with E-state index in [2.05, 4.69) is 45.0 Å². The fraction of sp³-hybridized carbons (Fsp3) is 0.625. The van der Waals surface area contributed by atoms with Crippen molar-refractivity contribution in [2.24, 2.45) is 5.41 Å². The summed E-state index contributed by atoms with van der Waals surface area (Å²) in [6.45, 7) is 10.9. The Hall–Kier alpha value is -1.22. The summed E-state index contributed by atoms with van der Waals surface area (Å²) in [5.74, 6) is 0.317. The molecular formula is C16H28N2O. The van der Waals surface area contributed by atoms with Crippen LogP contribution in [-0.2, 0) is 0 Å². The second kappa shape index (κ2) is 6.80. The van der Waals surface area contributed by atoms with Crippen LogP contribution in [0.5, 0.6) is 5.75 Å². The lowest BCUT2D eigenvalue weighted by Gasteiger charge is -2.35. The van der Waals surface area contributed by atoms with Crippen LogP contribution in [0.25, 0.3) is 0 Å². The van der Waals surface area contributed by atoms with E-state index in [4.69, 9.17) is 0 Å². The fourth-order valence-electron chi connectivity index (χ4n) is 2.11. The predicted molar refractivity (Wildman–Crippen MR) is 82.9 cm³/mol. The first-order valence-electron chi connectivity index (χ1n) is 7.10. The highest BCUT2D eigenvalue weighted by molar-refractivity contribution is 5.48. The summed E-state index contributed by atoms with van der Waals surface area (Å²) < 4.78 is 0. The van der Waals surface area contributed by atoms with Crippen LogP contribution in [0.2, 0.25) is 0 Å². The zero-order chi connectivity index (χ0) is 14.5. The number of hydrogen-bond acceptors (Lipinski definition) is 3. The van der Waals surface area contributed by atoms with Crippen LogP contribution in [0.4, 0.5) is 5.69 Å². The molecule has 1 aromatic rings. The Kier molecular flexibility index (Phi) is 5.67. The Morgan fingerprint density at radius 1 is 1.26 bits per heavy atom. The van der Waals surface area contributed by atoms with Crippen molar-refractivity contribution in [3.63, 3.8) is 0 Å². The molecule has 1 aromatic carbocycles. The van der Waals surface area contributed by atoms with Gasteiger partial charge in [-0.1, -0.05) is 27.7 Å². The molecule has 0 aliphatic rings. The second-order valence-electron chi connectivity index (χ2n) is 6.07. The van der Waals surface area contributed by atoms with Crippen molar-refractivity contribution in [2.75, 3.05) is 25.0 Å². The minimum Gasteiger partial charge on any atom is -0.508 e. The molecule has 0 aliphatic carbocycles. The van der Waals surface area contributed by atoms with Gasteiger partial charge in [0, 0.05) is 31.9 Å². The zero-order valence-electron chi connectivity index (χ0n) is 12.9. The summed E-state index contributed by atoms with van der Waals surface area (Å²) in [5, 5.41) is 12.9. The number of phenols is 1. The van der Waals surface area contributed by atoms with Crippen LogP contribution in [0.15, 0.2) is 24.3 Å². The van der Waals surface area contributed by atoms with E-state index >= 15 is 0 Å². The largest absolute Gasteiger partial charge is 0.508 e. The van der Waals surface area contributed by atoms with E-state index in [1.54, 1.807) is 12.1 Å². The molecule has 0 aromatic heterocycles. The molecule has 0 saturated carbocycles. The number of phenolic OH excluding ortho intramolecular Hbond substituents is 1. The number of aromatic hydroxyl groups is 1. The molecule has 3 nitrogen and oxygen atoms in total. The third-order valence-corrected chi connectivity index (χ3v) is 3.70. The normalized spacial score (nSPS) is 14.4. The molecule has 0 amide bonds. The van der Waals surface area contributed by atoms with Gasteiger partial charge in [0.25, 0.3) is 0 Å². The maximum atomic E-state index is 9.33. The van der Waals surface area contributed by atoms with Crippen molar-refractivity contribution in [1.82, 2.24) is 5.32 Å². The summed E-state index contributed by atoms with van der Waals surface area (Å²) in [5.41, 5.74) is 1.39. The van der Waals surface area contributed by atoms with Crippen molar-refractivity contribution in [3.8, 4) is 5.75 Å². The number of anilines is 1. The molecule has 0 radical (unpaired) electrons. The molecule has 0 saturated heterocycles. The Bertz CT molecular complexity index is 375. The quantitative estimate of drug-likeness (QED) is 0.793. The highest BCUT2D eigenvalue weighted by Crippen LogP contribution is 2.25. The second-order valence-corrected chi connectivity index (χ2v) is 6.07. The third kappa shape index (κ3) is 5.11. The third-order valence-electron chi connectivity index (χ3n) is 3.70. The number of hydrogen-bond donors (Lipinski definition) is 2. The van der Waals surface area contributed by atoms with E-state index in [1.165, 1.54) is 0 Å². The fourth-order valence-corrected chi connectivity index (χ4v) is 2.11. The maximum absolute atomic E-state index is 9.33. The minimum absolute atomic E-state index is 0.247. The summed E-state index contributed by atoms with van der Waals surface area (Å²) in [7, 11) is 2.11. The van der Waals surface area contributed by atoms with E-state index in [0.717, 1.165) is 25.2 Å². The molecule has 0 fully saturated rings. The van der Waals surface area contributed by atoms with Crippen molar-refractivity contribution in [1.29, 1.82) is 0 Å². The van der Waals surface area contributed by atoms with Crippen molar-refractivity contribution in [2.45, 2.75) is 40.2 Å². The standard InChI is InChI=1S/C16H28N2O/c1-6-16(4,11-17-13(2)3)12-18(5)14-7-9-15(19)10-8-14/h7-10,13,17,19H,6,11-12H2,1-5H3. The highest BCUT2D eigenvalue weighted by atomic mass is 16.3. The van der Waals surface area contributed by atoms with Crippen LogP contribution in [0, 0.1) is 5.41 Å². The molecule has 0 heterocycles. The first-order chi connectivity index (χ1) is 8.86.